The molecule has 0 bridgehead atoms. The van der Waals surface area contributed by atoms with Gasteiger partial charge in [-0.3, -0.25) is 4.79 Å². The number of carbonyl (C=O) groups excluding carboxylic acids is 1. The highest BCUT2D eigenvalue weighted by molar-refractivity contribution is 9.10. The highest BCUT2D eigenvalue weighted by Crippen LogP contribution is 2.17. The normalized spacial score (nSPS) is 11.9. The van der Waals surface area contributed by atoms with Crippen LogP contribution in [0, 0.1) is 0 Å². The quantitative estimate of drug-likeness (QED) is 0.871. The second kappa shape index (κ2) is 6.22. The van der Waals surface area contributed by atoms with Crippen molar-refractivity contribution in [2.75, 3.05) is 0 Å². The summed E-state index contributed by atoms with van der Waals surface area (Å²) in [6.07, 6.45) is 0. The molecule has 0 radical (unpaired) electrons. The molecule has 2 rings (SSSR count). The first kappa shape index (κ1) is 14.1. The average molecular weight is 339 g/mol. The van der Waals surface area contributed by atoms with Crippen LogP contribution in [0.25, 0.3) is 0 Å². The summed E-state index contributed by atoms with van der Waals surface area (Å²) in [5.41, 5.74) is 1.62. The van der Waals surface area contributed by atoms with Crippen molar-refractivity contribution < 1.29 is 4.79 Å². The Morgan fingerprint density at radius 3 is 2.53 bits per heavy atom. The Hall–Kier alpha value is -1.32. The fraction of sp³-hybridized carbons (Fsp3) is 0.133. The molecule has 0 unspecified atom stereocenters. The van der Waals surface area contributed by atoms with E-state index in [2.05, 4.69) is 21.2 Å². The lowest BCUT2D eigenvalue weighted by molar-refractivity contribution is 0.0940. The second-order valence-electron chi connectivity index (χ2n) is 4.26. The van der Waals surface area contributed by atoms with Gasteiger partial charge in [-0.25, -0.2) is 0 Å². The molecule has 4 heteroatoms. The van der Waals surface area contributed by atoms with Gasteiger partial charge in [-0.2, -0.15) is 0 Å². The van der Waals surface area contributed by atoms with Crippen molar-refractivity contribution in [3.8, 4) is 0 Å². The van der Waals surface area contributed by atoms with Crippen LogP contribution in [0.2, 0.25) is 5.02 Å². The Morgan fingerprint density at radius 1 is 1.21 bits per heavy atom. The van der Waals surface area contributed by atoms with Crippen LogP contribution >= 0.6 is 27.5 Å². The molecule has 2 nitrogen and oxygen atoms in total. The van der Waals surface area contributed by atoms with Crippen LogP contribution < -0.4 is 5.32 Å². The van der Waals surface area contributed by atoms with E-state index in [0.717, 1.165) is 10.0 Å². The number of halogens is 2. The standard InChI is InChI=1S/C15H13BrClNO/c1-10(11-5-7-13(16)8-6-11)18-15(19)12-3-2-4-14(17)9-12/h2-10H,1H3,(H,18,19)/t10-/m0/s1. The van der Waals surface area contributed by atoms with Gasteiger partial charge in [0.05, 0.1) is 6.04 Å². The van der Waals surface area contributed by atoms with Crippen LogP contribution in [-0.2, 0) is 0 Å². The largest absolute Gasteiger partial charge is 0.346 e. The maximum Gasteiger partial charge on any atom is 0.251 e. The second-order valence-corrected chi connectivity index (χ2v) is 5.61. The summed E-state index contributed by atoms with van der Waals surface area (Å²) < 4.78 is 1.02. The smallest absolute Gasteiger partial charge is 0.251 e. The van der Waals surface area contributed by atoms with Gasteiger partial charge in [0.1, 0.15) is 0 Å². The predicted octanol–water partition coefficient (Wildman–Crippen LogP) is 4.59. The molecule has 0 aliphatic carbocycles. The van der Waals surface area contributed by atoms with Crippen LogP contribution in [0.3, 0.4) is 0 Å². The molecule has 19 heavy (non-hydrogen) atoms. The zero-order valence-electron chi connectivity index (χ0n) is 10.4. The van der Waals surface area contributed by atoms with Crippen LogP contribution in [0.4, 0.5) is 0 Å². The molecule has 0 saturated carbocycles. The van der Waals surface area contributed by atoms with Crippen molar-refractivity contribution in [1.29, 1.82) is 0 Å². The number of benzene rings is 2. The van der Waals surface area contributed by atoms with Crippen LogP contribution in [0.5, 0.6) is 0 Å². The Morgan fingerprint density at radius 2 is 1.89 bits per heavy atom. The summed E-state index contributed by atoms with van der Waals surface area (Å²) in [6.45, 7) is 1.95. The van der Waals surface area contributed by atoms with Crippen LogP contribution in [-0.4, -0.2) is 5.91 Å². The molecular formula is C15H13BrClNO. The summed E-state index contributed by atoms with van der Waals surface area (Å²) in [5.74, 6) is -0.127. The number of nitrogens with one attached hydrogen (secondary N) is 1. The van der Waals surface area contributed by atoms with Gasteiger partial charge in [-0.1, -0.05) is 45.7 Å². The monoisotopic (exact) mass is 337 g/mol. The van der Waals surface area contributed by atoms with E-state index < -0.39 is 0 Å². The van der Waals surface area contributed by atoms with Gasteiger partial charge in [-0.05, 0) is 42.8 Å². The molecule has 98 valence electrons. The van der Waals surface area contributed by atoms with E-state index in [1.807, 2.05) is 31.2 Å². The van der Waals surface area contributed by atoms with Gasteiger partial charge in [0.25, 0.3) is 5.91 Å². The molecule has 2 aromatic carbocycles. The minimum Gasteiger partial charge on any atom is -0.346 e. The third-order valence-electron chi connectivity index (χ3n) is 2.80. The van der Waals surface area contributed by atoms with Crippen molar-refractivity contribution in [3.05, 3.63) is 69.2 Å². The Balaban J connectivity index is 2.08. The number of rotatable bonds is 3. The number of carbonyl (C=O) groups is 1. The third-order valence-corrected chi connectivity index (χ3v) is 3.57. The minimum atomic E-state index is -0.127. The Bertz CT molecular complexity index is 583. The highest BCUT2D eigenvalue weighted by atomic mass is 79.9. The van der Waals surface area contributed by atoms with Crippen molar-refractivity contribution in [1.82, 2.24) is 5.32 Å². The molecule has 1 N–H and O–H groups in total. The number of hydrogen-bond acceptors (Lipinski definition) is 1. The molecule has 0 aromatic heterocycles. The van der Waals surface area contributed by atoms with E-state index in [1.54, 1.807) is 24.3 Å². The summed E-state index contributed by atoms with van der Waals surface area (Å²) in [5, 5.41) is 3.51. The zero-order valence-corrected chi connectivity index (χ0v) is 12.7. The molecule has 1 amide bonds. The summed E-state index contributed by atoms with van der Waals surface area (Å²) in [4.78, 5) is 12.1. The Kier molecular flexibility index (Phi) is 4.61. The molecule has 2 aromatic rings. The van der Waals surface area contributed by atoms with E-state index in [4.69, 9.17) is 11.6 Å². The minimum absolute atomic E-state index is 0.0559. The zero-order chi connectivity index (χ0) is 13.8. The lowest BCUT2D eigenvalue weighted by atomic mass is 10.1. The first-order chi connectivity index (χ1) is 9.06. The van der Waals surface area contributed by atoms with Crippen molar-refractivity contribution in [3.63, 3.8) is 0 Å². The van der Waals surface area contributed by atoms with E-state index >= 15 is 0 Å². The molecule has 0 aliphatic heterocycles. The number of amides is 1. The summed E-state index contributed by atoms with van der Waals surface area (Å²) >= 11 is 9.26. The molecule has 0 saturated heterocycles. The lowest BCUT2D eigenvalue weighted by Gasteiger charge is -2.14. The van der Waals surface area contributed by atoms with Gasteiger partial charge in [0.2, 0.25) is 0 Å². The fourth-order valence-corrected chi connectivity index (χ4v) is 2.20. The topological polar surface area (TPSA) is 29.1 Å². The average Bonchev–Trinajstić information content (AvgIpc) is 2.39. The SMILES string of the molecule is C[C@H](NC(=O)c1cccc(Cl)c1)c1ccc(Br)cc1. The Labute approximate surface area is 125 Å². The van der Waals surface area contributed by atoms with Gasteiger partial charge in [-0.15, -0.1) is 0 Å². The number of hydrogen-bond donors (Lipinski definition) is 1. The van der Waals surface area contributed by atoms with E-state index in [9.17, 15) is 4.79 Å². The van der Waals surface area contributed by atoms with Crippen molar-refractivity contribution in [2.45, 2.75) is 13.0 Å². The molecule has 0 heterocycles. The molecule has 0 fully saturated rings. The van der Waals surface area contributed by atoms with Crippen molar-refractivity contribution in [2.24, 2.45) is 0 Å². The predicted molar refractivity (Wildman–Crippen MR) is 81.5 cm³/mol. The third kappa shape index (κ3) is 3.82. The van der Waals surface area contributed by atoms with Crippen molar-refractivity contribution >= 4 is 33.4 Å². The first-order valence-electron chi connectivity index (χ1n) is 5.88. The molecule has 1 atom stereocenters. The van der Waals surface area contributed by atoms with E-state index in [-0.39, 0.29) is 11.9 Å². The van der Waals surface area contributed by atoms with Gasteiger partial charge in [0.15, 0.2) is 0 Å². The van der Waals surface area contributed by atoms with Crippen LogP contribution in [0.1, 0.15) is 28.9 Å². The summed E-state index contributed by atoms with van der Waals surface area (Å²) in [6, 6.07) is 14.7. The molecule has 0 aliphatic rings. The van der Waals surface area contributed by atoms with Gasteiger partial charge in [0, 0.05) is 15.1 Å². The first-order valence-corrected chi connectivity index (χ1v) is 7.05. The summed E-state index contributed by atoms with van der Waals surface area (Å²) in [7, 11) is 0. The highest BCUT2D eigenvalue weighted by Gasteiger charge is 2.11. The molecule has 0 spiro atoms. The molecular weight excluding hydrogens is 326 g/mol. The van der Waals surface area contributed by atoms with Crippen LogP contribution in [0.15, 0.2) is 53.0 Å². The maximum absolute atomic E-state index is 12.1. The van der Waals surface area contributed by atoms with Gasteiger partial charge < -0.3 is 5.32 Å². The van der Waals surface area contributed by atoms with Gasteiger partial charge >= 0.3 is 0 Å². The lowest BCUT2D eigenvalue weighted by Crippen LogP contribution is -2.26. The van der Waals surface area contributed by atoms with E-state index in [0.29, 0.717) is 10.6 Å². The van der Waals surface area contributed by atoms with E-state index in [1.165, 1.54) is 0 Å². The maximum atomic E-state index is 12.1. The fourth-order valence-electron chi connectivity index (χ4n) is 1.74.